The second-order valence-corrected chi connectivity index (χ2v) is 5.19. The van der Waals surface area contributed by atoms with Gasteiger partial charge in [0.25, 0.3) is 0 Å². The molecule has 0 bridgehead atoms. The molecule has 1 aliphatic heterocycles. The van der Waals surface area contributed by atoms with Crippen LogP contribution in [0.15, 0.2) is 0 Å². The molecule has 5 heteroatoms. The molecular formula is C13H25F3N2. The summed E-state index contributed by atoms with van der Waals surface area (Å²) >= 11 is 0. The Labute approximate surface area is 108 Å². The van der Waals surface area contributed by atoms with Crippen molar-refractivity contribution in [3.63, 3.8) is 0 Å². The van der Waals surface area contributed by atoms with E-state index in [1.54, 1.807) is 0 Å². The first-order valence-electron chi connectivity index (χ1n) is 6.93. The molecule has 0 spiro atoms. The predicted molar refractivity (Wildman–Crippen MR) is 67.6 cm³/mol. The Balaban J connectivity index is 2.16. The van der Waals surface area contributed by atoms with Gasteiger partial charge in [-0.05, 0) is 58.8 Å². The normalized spacial score (nSPS) is 21.2. The highest BCUT2D eigenvalue weighted by Gasteiger charge is 2.40. The van der Waals surface area contributed by atoms with E-state index < -0.39 is 12.1 Å². The summed E-state index contributed by atoms with van der Waals surface area (Å²) in [5.74, 6) is -1.07. The minimum atomic E-state index is -3.99. The van der Waals surface area contributed by atoms with Crippen LogP contribution in [0.2, 0.25) is 0 Å². The van der Waals surface area contributed by atoms with Crippen molar-refractivity contribution in [1.82, 2.24) is 10.2 Å². The number of nitrogens with zero attached hydrogens (tertiary/aromatic N) is 1. The number of nitrogens with one attached hydrogen (secondary N) is 1. The molecule has 18 heavy (non-hydrogen) atoms. The van der Waals surface area contributed by atoms with Crippen LogP contribution in [0.5, 0.6) is 0 Å². The molecule has 1 fully saturated rings. The highest BCUT2D eigenvalue weighted by molar-refractivity contribution is 4.77. The molecule has 0 radical (unpaired) electrons. The lowest BCUT2D eigenvalue weighted by Gasteiger charge is -2.33. The van der Waals surface area contributed by atoms with Crippen molar-refractivity contribution < 1.29 is 13.2 Å². The molecule has 0 aromatic rings. The third-order valence-corrected chi connectivity index (χ3v) is 3.98. The minimum absolute atomic E-state index is 0.271. The summed E-state index contributed by atoms with van der Waals surface area (Å²) in [6.45, 7) is 4.28. The van der Waals surface area contributed by atoms with Crippen LogP contribution in [0.25, 0.3) is 0 Å². The van der Waals surface area contributed by atoms with E-state index in [2.05, 4.69) is 17.1 Å². The quantitative estimate of drug-likeness (QED) is 0.795. The summed E-state index contributed by atoms with van der Waals surface area (Å²) in [5, 5.41) is 3.25. The van der Waals surface area contributed by atoms with E-state index in [-0.39, 0.29) is 12.8 Å². The summed E-state index contributed by atoms with van der Waals surface area (Å²) in [5.41, 5.74) is 0. The SMILES string of the molecule is CCC(CCCN1CCC(C(F)(F)F)CC1)NC. The fourth-order valence-corrected chi connectivity index (χ4v) is 2.60. The standard InChI is InChI=1S/C13H25F3N2/c1-3-12(17-2)5-4-8-18-9-6-11(7-10-18)13(14,15)16/h11-12,17H,3-10H2,1-2H3. The van der Waals surface area contributed by atoms with Gasteiger partial charge in [-0.25, -0.2) is 0 Å². The molecule has 0 aromatic heterocycles. The molecule has 1 unspecified atom stereocenters. The van der Waals surface area contributed by atoms with Crippen LogP contribution in [0.3, 0.4) is 0 Å². The predicted octanol–water partition coefficient (Wildman–Crippen LogP) is 3.04. The Morgan fingerprint density at radius 2 is 1.89 bits per heavy atom. The van der Waals surface area contributed by atoms with E-state index in [4.69, 9.17) is 0 Å². The maximum absolute atomic E-state index is 12.5. The van der Waals surface area contributed by atoms with Crippen molar-refractivity contribution in [2.24, 2.45) is 5.92 Å². The number of likely N-dealkylation sites (tertiary alicyclic amines) is 1. The zero-order valence-corrected chi connectivity index (χ0v) is 11.4. The number of piperidine rings is 1. The zero-order chi connectivity index (χ0) is 13.6. The van der Waals surface area contributed by atoms with Gasteiger partial charge in [-0.3, -0.25) is 0 Å². The van der Waals surface area contributed by atoms with Crippen molar-refractivity contribution in [3.05, 3.63) is 0 Å². The third-order valence-electron chi connectivity index (χ3n) is 3.98. The molecule has 1 N–H and O–H groups in total. The summed E-state index contributed by atoms with van der Waals surface area (Å²) in [4.78, 5) is 2.17. The van der Waals surface area contributed by atoms with Crippen LogP contribution in [-0.4, -0.2) is 43.8 Å². The highest BCUT2D eigenvalue weighted by Crippen LogP contribution is 2.34. The van der Waals surface area contributed by atoms with Crippen LogP contribution in [-0.2, 0) is 0 Å². The molecule has 0 aromatic carbocycles. The Hall–Kier alpha value is -0.290. The maximum atomic E-state index is 12.5. The number of alkyl halides is 3. The number of halogens is 3. The Bertz CT molecular complexity index is 219. The molecule has 1 aliphatic rings. The van der Waals surface area contributed by atoms with Gasteiger partial charge in [-0.2, -0.15) is 13.2 Å². The summed E-state index contributed by atoms with van der Waals surface area (Å²) in [7, 11) is 1.96. The topological polar surface area (TPSA) is 15.3 Å². The van der Waals surface area contributed by atoms with E-state index in [1.165, 1.54) is 0 Å². The van der Waals surface area contributed by atoms with Crippen LogP contribution >= 0.6 is 0 Å². The Morgan fingerprint density at radius 1 is 1.28 bits per heavy atom. The molecule has 1 atom stereocenters. The minimum Gasteiger partial charge on any atom is -0.317 e. The van der Waals surface area contributed by atoms with Crippen LogP contribution in [0, 0.1) is 5.92 Å². The smallest absolute Gasteiger partial charge is 0.317 e. The summed E-state index contributed by atoms with van der Waals surface area (Å²) < 4.78 is 37.5. The number of hydrogen-bond acceptors (Lipinski definition) is 2. The fraction of sp³-hybridized carbons (Fsp3) is 1.00. The van der Waals surface area contributed by atoms with E-state index in [0.29, 0.717) is 19.1 Å². The van der Waals surface area contributed by atoms with Gasteiger partial charge >= 0.3 is 6.18 Å². The maximum Gasteiger partial charge on any atom is 0.391 e. The second-order valence-electron chi connectivity index (χ2n) is 5.19. The largest absolute Gasteiger partial charge is 0.391 e. The number of rotatable bonds is 6. The van der Waals surface area contributed by atoms with Crippen LogP contribution in [0.1, 0.15) is 39.0 Å². The lowest BCUT2D eigenvalue weighted by molar-refractivity contribution is -0.185. The molecule has 0 aliphatic carbocycles. The van der Waals surface area contributed by atoms with Gasteiger partial charge in [-0.1, -0.05) is 6.92 Å². The van der Waals surface area contributed by atoms with E-state index in [0.717, 1.165) is 25.8 Å². The van der Waals surface area contributed by atoms with Gasteiger partial charge in [0.1, 0.15) is 0 Å². The average Bonchev–Trinajstić information content (AvgIpc) is 2.34. The average molecular weight is 266 g/mol. The second kappa shape index (κ2) is 7.34. The molecular weight excluding hydrogens is 241 g/mol. The van der Waals surface area contributed by atoms with Gasteiger partial charge in [-0.15, -0.1) is 0 Å². The van der Waals surface area contributed by atoms with Crippen LogP contribution < -0.4 is 5.32 Å². The van der Waals surface area contributed by atoms with Crippen molar-refractivity contribution >= 4 is 0 Å². The van der Waals surface area contributed by atoms with Gasteiger partial charge in [0.2, 0.25) is 0 Å². The highest BCUT2D eigenvalue weighted by atomic mass is 19.4. The first-order chi connectivity index (χ1) is 8.47. The van der Waals surface area contributed by atoms with Gasteiger partial charge in [0.05, 0.1) is 5.92 Å². The first kappa shape index (κ1) is 15.8. The van der Waals surface area contributed by atoms with Gasteiger partial charge < -0.3 is 10.2 Å². The molecule has 1 heterocycles. The van der Waals surface area contributed by atoms with Crippen molar-refractivity contribution in [2.45, 2.75) is 51.2 Å². The Morgan fingerprint density at radius 3 is 2.33 bits per heavy atom. The molecule has 0 saturated carbocycles. The first-order valence-corrected chi connectivity index (χ1v) is 6.93. The summed E-state index contributed by atoms with van der Waals surface area (Å²) in [6.07, 6.45) is -0.181. The van der Waals surface area contributed by atoms with Gasteiger partial charge in [0, 0.05) is 6.04 Å². The van der Waals surface area contributed by atoms with Crippen LogP contribution in [0.4, 0.5) is 13.2 Å². The molecule has 0 amide bonds. The molecule has 1 saturated heterocycles. The van der Waals surface area contributed by atoms with E-state index in [9.17, 15) is 13.2 Å². The number of hydrogen-bond donors (Lipinski definition) is 1. The third kappa shape index (κ3) is 5.14. The molecule has 1 rings (SSSR count). The molecule has 2 nitrogen and oxygen atoms in total. The van der Waals surface area contributed by atoms with Crippen molar-refractivity contribution in [3.8, 4) is 0 Å². The van der Waals surface area contributed by atoms with Gasteiger partial charge in [0.15, 0.2) is 0 Å². The van der Waals surface area contributed by atoms with E-state index in [1.807, 2.05) is 7.05 Å². The Kier molecular flexibility index (Phi) is 6.43. The fourth-order valence-electron chi connectivity index (χ4n) is 2.60. The van der Waals surface area contributed by atoms with Crippen molar-refractivity contribution in [1.29, 1.82) is 0 Å². The lowest BCUT2D eigenvalue weighted by atomic mass is 9.96. The van der Waals surface area contributed by atoms with E-state index >= 15 is 0 Å². The van der Waals surface area contributed by atoms with Crippen molar-refractivity contribution in [2.75, 3.05) is 26.7 Å². The monoisotopic (exact) mass is 266 g/mol. The molecule has 108 valence electrons. The zero-order valence-electron chi connectivity index (χ0n) is 11.4. The lowest BCUT2D eigenvalue weighted by Crippen LogP contribution is -2.39. The summed E-state index contributed by atoms with van der Waals surface area (Å²) in [6, 6.07) is 0.540.